The molecule has 3 rings (SSSR count). The fourth-order valence-electron chi connectivity index (χ4n) is 3.42. The van der Waals surface area contributed by atoms with Crippen molar-refractivity contribution in [2.75, 3.05) is 53.4 Å². The Labute approximate surface area is 132 Å². The Hall–Kier alpha value is -0.460. The van der Waals surface area contributed by atoms with Gasteiger partial charge in [0.25, 0.3) is 0 Å². The molecule has 1 N–H and O–H groups in total. The molecule has 21 heavy (non-hydrogen) atoms. The first kappa shape index (κ1) is 15.4. The molecule has 2 aliphatic heterocycles. The maximum absolute atomic E-state index is 3.48. The van der Waals surface area contributed by atoms with Crippen molar-refractivity contribution in [3.8, 4) is 0 Å². The summed E-state index contributed by atoms with van der Waals surface area (Å²) >= 11 is 1.92. The third kappa shape index (κ3) is 4.27. The summed E-state index contributed by atoms with van der Waals surface area (Å²) in [6.07, 6.45) is 1.33. The smallest absolute Gasteiger partial charge is 0.0329 e. The van der Waals surface area contributed by atoms with E-state index in [0.29, 0.717) is 0 Å². The molecule has 1 aromatic rings. The molecular weight excluding hydrogens is 280 g/mol. The Balaban J connectivity index is 1.45. The Morgan fingerprint density at radius 2 is 2.10 bits per heavy atom. The highest BCUT2D eigenvalue weighted by molar-refractivity contribution is 7.10. The van der Waals surface area contributed by atoms with Gasteiger partial charge in [-0.15, -0.1) is 11.3 Å². The molecule has 3 heterocycles. The van der Waals surface area contributed by atoms with Gasteiger partial charge in [-0.05, 0) is 44.1 Å². The third-order valence-electron chi connectivity index (χ3n) is 4.54. The van der Waals surface area contributed by atoms with Gasteiger partial charge in [0, 0.05) is 56.7 Å². The zero-order valence-electron chi connectivity index (χ0n) is 13.3. The second kappa shape index (κ2) is 7.20. The standard InChI is InChI=1S/C16H28N4S/c1-18(2)11-14-9-16(21-13-14)12-19-5-7-20(8-6-19)15-3-4-17-10-15/h9,13,15,17H,3-8,10-12H2,1-2H3. The van der Waals surface area contributed by atoms with Gasteiger partial charge in [0.1, 0.15) is 0 Å². The van der Waals surface area contributed by atoms with Gasteiger partial charge in [-0.1, -0.05) is 0 Å². The van der Waals surface area contributed by atoms with Gasteiger partial charge < -0.3 is 10.2 Å². The predicted octanol–water partition coefficient (Wildman–Crippen LogP) is 1.29. The highest BCUT2D eigenvalue weighted by Gasteiger charge is 2.25. The van der Waals surface area contributed by atoms with Crippen molar-refractivity contribution >= 4 is 11.3 Å². The van der Waals surface area contributed by atoms with Crippen LogP contribution in [0.15, 0.2) is 11.4 Å². The third-order valence-corrected chi connectivity index (χ3v) is 5.51. The van der Waals surface area contributed by atoms with Gasteiger partial charge in [-0.2, -0.15) is 0 Å². The van der Waals surface area contributed by atoms with E-state index in [1.807, 2.05) is 11.3 Å². The van der Waals surface area contributed by atoms with E-state index in [1.165, 1.54) is 56.1 Å². The van der Waals surface area contributed by atoms with Crippen LogP contribution in [0.1, 0.15) is 16.9 Å². The molecule has 0 bridgehead atoms. The fourth-order valence-corrected chi connectivity index (χ4v) is 4.34. The topological polar surface area (TPSA) is 21.8 Å². The minimum atomic E-state index is 0.792. The molecule has 1 atom stereocenters. The lowest BCUT2D eigenvalue weighted by atomic mass is 10.2. The number of hydrogen-bond donors (Lipinski definition) is 1. The van der Waals surface area contributed by atoms with E-state index in [0.717, 1.165) is 19.1 Å². The second-order valence-electron chi connectivity index (χ2n) is 6.62. The normalized spacial score (nSPS) is 25.0. The lowest BCUT2D eigenvalue weighted by molar-refractivity contribution is 0.0987. The molecule has 2 fully saturated rings. The number of rotatable bonds is 5. The predicted molar refractivity (Wildman–Crippen MR) is 89.8 cm³/mol. The van der Waals surface area contributed by atoms with E-state index in [1.54, 1.807) is 0 Å². The molecule has 0 aromatic carbocycles. The Kier molecular flexibility index (Phi) is 5.29. The highest BCUT2D eigenvalue weighted by Crippen LogP contribution is 2.19. The van der Waals surface area contributed by atoms with Gasteiger partial charge in [0.05, 0.1) is 0 Å². The van der Waals surface area contributed by atoms with E-state index >= 15 is 0 Å². The minimum Gasteiger partial charge on any atom is -0.315 e. The molecule has 5 heteroatoms. The van der Waals surface area contributed by atoms with Crippen LogP contribution in [-0.2, 0) is 13.1 Å². The van der Waals surface area contributed by atoms with Gasteiger partial charge >= 0.3 is 0 Å². The summed E-state index contributed by atoms with van der Waals surface area (Å²) in [7, 11) is 4.27. The molecule has 2 saturated heterocycles. The quantitative estimate of drug-likeness (QED) is 0.885. The van der Waals surface area contributed by atoms with Crippen LogP contribution in [0.5, 0.6) is 0 Å². The van der Waals surface area contributed by atoms with E-state index in [9.17, 15) is 0 Å². The number of nitrogens with zero attached hydrogens (tertiary/aromatic N) is 3. The van der Waals surface area contributed by atoms with E-state index in [-0.39, 0.29) is 0 Å². The highest BCUT2D eigenvalue weighted by atomic mass is 32.1. The first-order valence-corrected chi connectivity index (χ1v) is 8.97. The zero-order valence-corrected chi connectivity index (χ0v) is 14.2. The average molecular weight is 308 g/mol. The van der Waals surface area contributed by atoms with Gasteiger partial charge in [0.2, 0.25) is 0 Å². The number of thiophene rings is 1. The maximum Gasteiger partial charge on any atom is 0.0329 e. The van der Waals surface area contributed by atoms with Crippen LogP contribution in [0.4, 0.5) is 0 Å². The summed E-state index contributed by atoms with van der Waals surface area (Å²) in [5.41, 5.74) is 1.45. The maximum atomic E-state index is 3.48. The van der Waals surface area contributed by atoms with Crippen LogP contribution in [0.2, 0.25) is 0 Å². The van der Waals surface area contributed by atoms with Crippen LogP contribution >= 0.6 is 11.3 Å². The molecule has 0 saturated carbocycles. The molecule has 0 aliphatic carbocycles. The first-order chi connectivity index (χ1) is 10.2. The lowest BCUT2D eigenvalue weighted by Gasteiger charge is -2.37. The summed E-state index contributed by atoms with van der Waals surface area (Å²) in [5.74, 6) is 0. The largest absolute Gasteiger partial charge is 0.315 e. The van der Waals surface area contributed by atoms with E-state index < -0.39 is 0 Å². The fraction of sp³-hybridized carbons (Fsp3) is 0.750. The SMILES string of the molecule is CN(C)Cc1csc(CN2CCN(C3CCNC3)CC2)c1. The molecule has 0 amide bonds. The Morgan fingerprint density at radius 3 is 2.76 bits per heavy atom. The molecule has 0 spiro atoms. The minimum absolute atomic E-state index is 0.792. The van der Waals surface area contributed by atoms with E-state index in [2.05, 4.69) is 45.6 Å². The molecule has 2 aliphatic rings. The molecule has 1 unspecified atom stereocenters. The van der Waals surface area contributed by atoms with Crippen LogP contribution in [0.25, 0.3) is 0 Å². The average Bonchev–Trinajstić information content (AvgIpc) is 3.11. The zero-order chi connectivity index (χ0) is 14.7. The van der Waals surface area contributed by atoms with Gasteiger partial charge in [0.15, 0.2) is 0 Å². The van der Waals surface area contributed by atoms with Crippen LogP contribution in [0.3, 0.4) is 0 Å². The van der Waals surface area contributed by atoms with E-state index in [4.69, 9.17) is 0 Å². The summed E-state index contributed by atoms with van der Waals surface area (Å²) < 4.78 is 0. The Bertz CT molecular complexity index is 431. The van der Waals surface area contributed by atoms with Crippen molar-refractivity contribution in [3.63, 3.8) is 0 Å². The van der Waals surface area contributed by atoms with Crippen LogP contribution in [0, 0.1) is 0 Å². The van der Waals surface area contributed by atoms with Gasteiger partial charge in [-0.3, -0.25) is 9.80 Å². The van der Waals surface area contributed by atoms with Crippen molar-refractivity contribution in [1.82, 2.24) is 20.0 Å². The lowest BCUT2D eigenvalue weighted by Crippen LogP contribution is -2.50. The first-order valence-electron chi connectivity index (χ1n) is 8.09. The van der Waals surface area contributed by atoms with Crippen molar-refractivity contribution < 1.29 is 0 Å². The molecular formula is C16H28N4S. The van der Waals surface area contributed by atoms with Gasteiger partial charge in [-0.25, -0.2) is 0 Å². The molecule has 4 nitrogen and oxygen atoms in total. The number of hydrogen-bond acceptors (Lipinski definition) is 5. The van der Waals surface area contributed by atoms with Crippen molar-refractivity contribution in [2.24, 2.45) is 0 Å². The number of nitrogens with one attached hydrogen (secondary N) is 1. The summed E-state index contributed by atoms with van der Waals surface area (Å²) in [6.45, 7) is 9.50. The summed E-state index contributed by atoms with van der Waals surface area (Å²) in [6, 6.07) is 3.18. The van der Waals surface area contributed by atoms with Crippen molar-refractivity contribution in [1.29, 1.82) is 0 Å². The molecule has 0 radical (unpaired) electrons. The monoisotopic (exact) mass is 308 g/mol. The van der Waals surface area contributed by atoms with Crippen molar-refractivity contribution in [2.45, 2.75) is 25.6 Å². The van der Waals surface area contributed by atoms with Crippen molar-refractivity contribution in [3.05, 3.63) is 21.9 Å². The molecule has 118 valence electrons. The summed E-state index contributed by atoms with van der Waals surface area (Å²) in [4.78, 5) is 9.05. The van der Waals surface area contributed by atoms with Crippen LogP contribution < -0.4 is 5.32 Å². The van der Waals surface area contributed by atoms with Crippen LogP contribution in [-0.4, -0.2) is 74.1 Å². The Morgan fingerprint density at radius 1 is 1.29 bits per heavy atom. The summed E-state index contributed by atoms with van der Waals surface area (Å²) in [5, 5.41) is 5.80. The molecule has 1 aromatic heterocycles. The number of piperazine rings is 1. The second-order valence-corrected chi connectivity index (χ2v) is 7.61.